The highest BCUT2D eigenvalue weighted by atomic mass is 19.4. The Morgan fingerprint density at radius 2 is 1.65 bits per heavy atom. The van der Waals surface area contributed by atoms with Crippen LogP contribution in [0.25, 0.3) is 0 Å². The van der Waals surface area contributed by atoms with Crippen molar-refractivity contribution in [2.24, 2.45) is 34.3 Å². The average molecular weight is 724 g/mol. The van der Waals surface area contributed by atoms with Crippen LogP contribution in [0.2, 0.25) is 0 Å². The van der Waals surface area contributed by atoms with Gasteiger partial charge in [0.05, 0.1) is 37.4 Å². The highest BCUT2D eigenvalue weighted by Gasteiger charge is 2.60. The summed E-state index contributed by atoms with van der Waals surface area (Å²) >= 11 is 0. The van der Waals surface area contributed by atoms with E-state index in [0.29, 0.717) is 67.8 Å². The number of benzene rings is 2. The van der Waals surface area contributed by atoms with Gasteiger partial charge in [0.1, 0.15) is 5.82 Å². The fourth-order valence-electron chi connectivity index (χ4n) is 8.70. The van der Waals surface area contributed by atoms with Gasteiger partial charge >= 0.3 is 6.18 Å². The Morgan fingerprint density at radius 1 is 0.981 bits per heavy atom. The van der Waals surface area contributed by atoms with Crippen molar-refractivity contribution in [2.75, 3.05) is 32.8 Å². The van der Waals surface area contributed by atoms with E-state index in [4.69, 9.17) is 10.5 Å². The zero-order valence-electron chi connectivity index (χ0n) is 29.5. The van der Waals surface area contributed by atoms with Gasteiger partial charge in [-0.1, -0.05) is 44.2 Å². The van der Waals surface area contributed by atoms with E-state index in [0.717, 1.165) is 12.0 Å². The monoisotopic (exact) mass is 723 g/mol. The number of amides is 3. The first-order valence-electron chi connectivity index (χ1n) is 18.0. The van der Waals surface area contributed by atoms with Crippen LogP contribution in [0.5, 0.6) is 0 Å². The molecule has 0 bridgehead atoms. The Morgan fingerprint density at radius 3 is 2.29 bits per heavy atom. The Labute approximate surface area is 300 Å². The summed E-state index contributed by atoms with van der Waals surface area (Å²) in [5.41, 5.74) is 8.32. The second kappa shape index (κ2) is 13.6. The normalized spacial score (nSPS) is 24.9. The van der Waals surface area contributed by atoms with Gasteiger partial charge in [-0.3, -0.25) is 19.1 Å². The lowest BCUT2D eigenvalue weighted by atomic mass is 9.71. The molecule has 0 radical (unpaired) electrons. The maximum Gasteiger partial charge on any atom is 0.391 e. The molecule has 3 heterocycles. The topological polar surface area (TPSA) is 111 Å². The maximum absolute atomic E-state index is 13.8. The van der Waals surface area contributed by atoms with Crippen LogP contribution in [0.4, 0.5) is 17.6 Å². The molecule has 2 aliphatic heterocycles. The van der Waals surface area contributed by atoms with Gasteiger partial charge in [-0.15, -0.1) is 0 Å². The number of carbonyl (C=O) groups is 3. The molecule has 52 heavy (non-hydrogen) atoms. The van der Waals surface area contributed by atoms with Crippen molar-refractivity contribution < 1.29 is 36.7 Å². The molecule has 2 aromatic carbocycles. The summed E-state index contributed by atoms with van der Waals surface area (Å²) in [5, 5.41) is 4.36. The van der Waals surface area contributed by atoms with Crippen LogP contribution < -0.4 is 5.73 Å². The van der Waals surface area contributed by atoms with Crippen LogP contribution >= 0.6 is 0 Å². The van der Waals surface area contributed by atoms with E-state index in [-0.39, 0.29) is 72.3 Å². The molecular weight excluding hydrogens is 678 g/mol. The number of hydrogen-bond donors (Lipinski definition) is 1. The zero-order valence-corrected chi connectivity index (χ0v) is 29.5. The Bertz CT molecular complexity index is 1830. The molecule has 7 rings (SSSR count). The third-order valence-corrected chi connectivity index (χ3v) is 12.0. The first kappa shape index (κ1) is 36.1. The SMILES string of the molecule is CC1(C)C[C@@H]1C(=O)N1CC2(CN(C(=O)c3cnn(Cc4ccc(F)cc4)c3)CC2COCc2cccc(C3CCC(C(F)(F)F)CC3)c2C(N)=O)C1. The standard InChI is InChI=1S/C39H45F4N5O4/c1-37(2)14-32(37)36(51)47-22-38(23-47)21-46(35(50)27-15-45-48(17-27)16-24-6-12-30(40)13-7-24)18-29(38)20-52-19-26-4-3-5-31(33(26)34(44)49)25-8-10-28(11-9-25)39(41,42)43/h3-7,12-13,15,17,25,28-29,32H,8-11,14,16,18-23H2,1-2H3,(H2,44,49)/t25?,28?,29?,32-/m1/s1. The molecule has 1 unspecified atom stereocenters. The van der Waals surface area contributed by atoms with Crippen molar-refractivity contribution in [1.82, 2.24) is 19.6 Å². The zero-order chi connectivity index (χ0) is 37.0. The number of nitrogens with zero attached hydrogens (tertiary/aromatic N) is 4. The minimum Gasteiger partial charge on any atom is -0.376 e. The van der Waals surface area contributed by atoms with Crippen LogP contribution in [-0.4, -0.2) is 76.3 Å². The van der Waals surface area contributed by atoms with E-state index in [2.05, 4.69) is 18.9 Å². The average Bonchev–Trinajstić information content (AvgIpc) is 3.37. The number of likely N-dealkylation sites (tertiary alicyclic amines) is 2. The highest BCUT2D eigenvalue weighted by molar-refractivity contribution is 5.96. The number of carbonyl (C=O) groups excluding carboxylic acids is 3. The lowest BCUT2D eigenvalue weighted by Crippen LogP contribution is -2.63. The number of ether oxygens (including phenoxy) is 1. The molecule has 13 heteroatoms. The first-order chi connectivity index (χ1) is 24.6. The molecule has 4 aliphatic rings. The molecule has 2 atom stereocenters. The summed E-state index contributed by atoms with van der Waals surface area (Å²) < 4.78 is 61.3. The second-order valence-electron chi connectivity index (χ2n) is 16.1. The van der Waals surface area contributed by atoms with Gasteiger partial charge in [0, 0.05) is 55.2 Å². The molecule has 2 aliphatic carbocycles. The predicted octanol–water partition coefficient (Wildman–Crippen LogP) is 6.17. The van der Waals surface area contributed by atoms with Gasteiger partial charge in [-0.2, -0.15) is 18.3 Å². The van der Waals surface area contributed by atoms with E-state index in [1.54, 1.807) is 46.1 Å². The van der Waals surface area contributed by atoms with Crippen LogP contribution in [0, 0.1) is 34.4 Å². The largest absolute Gasteiger partial charge is 0.391 e. The van der Waals surface area contributed by atoms with Crippen molar-refractivity contribution in [3.05, 3.63) is 88.5 Å². The fourth-order valence-corrected chi connectivity index (χ4v) is 8.70. The second-order valence-corrected chi connectivity index (χ2v) is 16.1. The summed E-state index contributed by atoms with van der Waals surface area (Å²) in [6.45, 7) is 6.79. The summed E-state index contributed by atoms with van der Waals surface area (Å²) in [6, 6.07) is 11.4. The van der Waals surface area contributed by atoms with Gasteiger partial charge in [0.15, 0.2) is 0 Å². The first-order valence-corrected chi connectivity index (χ1v) is 18.0. The van der Waals surface area contributed by atoms with Gasteiger partial charge in [-0.05, 0) is 72.3 Å². The maximum atomic E-state index is 13.8. The molecule has 9 nitrogen and oxygen atoms in total. The van der Waals surface area contributed by atoms with Crippen LogP contribution in [-0.2, 0) is 22.7 Å². The number of alkyl halides is 3. The predicted molar refractivity (Wildman–Crippen MR) is 183 cm³/mol. The van der Waals surface area contributed by atoms with E-state index in [9.17, 15) is 31.9 Å². The third-order valence-electron chi connectivity index (χ3n) is 12.0. The van der Waals surface area contributed by atoms with Crippen LogP contribution in [0.1, 0.15) is 89.3 Å². The molecule has 2 saturated heterocycles. The van der Waals surface area contributed by atoms with Crippen molar-refractivity contribution in [1.29, 1.82) is 0 Å². The van der Waals surface area contributed by atoms with Crippen molar-refractivity contribution in [3.63, 3.8) is 0 Å². The van der Waals surface area contributed by atoms with Gasteiger partial charge in [0.25, 0.3) is 5.91 Å². The quantitative estimate of drug-likeness (QED) is 0.252. The molecule has 3 aromatic rings. The fraction of sp³-hybridized carbons (Fsp3) is 0.538. The molecule has 2 N–H and O–H groups in total. The molecule has 1 aromatic heterocycles. The number of nitrogens with two attached hydrogens (primary N) is 1. The number of hydrogen-bond acceptors (Lipinski definition) is 5. The Balaban J connectivity index is 1.04. The smallest absolute Gasteiger partial charge is 0.376 e. The number of rotatable bonds is 10. The summed E-state index contributed by atoms with van der Waals surface area (Å²) in [7, 11) is 0. The Hall–Kier alpha value is -4.26. The van der Waals surface area contributed by atoms with E-state index in [1.807, 2.05) is 4.90 Å². The minimum absolute atomic E-state index is 0.00156. The van der Waals surface area contributed by atoms with Crippen molar-refractivity contribution >= 4 is 17.7 Å². The van der Waals surface area contributed by atoms with Gasteiger partial charge in [-0.25, -0.2) is 4.39 Å². The van der Waals surface area contributed by atoms with E-state index >= 15 is 0 Å². The molecule has 278 valence electrons. The number of halogens is 4. The van der Waals surface area contributed by atoms with Crippen molar-refractivity contribution in [3.8, 4) is 0 Å². The van der Waals surface area contributed by atoms with Gasteiger partial charge < -0.3 is 20.3 Å². The van der Waals surface area contributed by atoms with E-state index < -0.39 is 18.0 Å². The number of aromatic nitrogens is 2. The molecule has 2 saturated carbocycles. The minimum atomic E-state index is -4.22. The molecular formula is C39H45F4N5O4. The van der Waals surface area contributed by atoms with Crippen molar-refractivity contribution in [2.45, 2.75) is 71.2 Å². The molecule has 4 fully saturated rings. The number of primary amides is 1. The summed E-state index contributed by atoms with van der Waals surface area (Å²) in [5.74, 6) is -2.62. The van der Waals surface area contributed by atoms with Crippen LogP contribution in [0.15, 0.2) is 54.9 Å². The molecule has 3 amide bonds. The Kier molecular flexibility index (Phi) is 9.46. The third kappa shape index (κ3) is 7.20. The summed E-state index contributed by atoms with van der Waals surface area (Å²) in [6.07, 6.45) is 0.516. The lowest BCUT2D eigenvalue weighted by Gasteiger charge is -2.51. The highest BCUT2D eigenvalue weighted by Crippen LogP contribution is 2.55. The molecule has 1 spiro atoms. The van der Waals surface area contributed by atoms with Crippen LogP contribution in [0.3, 0.4) is 0 Å². The van der Waals surface area contributed by atoms with E-state index in [1.165, 1.54) is 18.3 Å². The van der Waals surface area contributed by atoms with Gasteiger partial charge in [0.2, 0.25) is 11.8 Å². The lowest BCUT2D eigenvalue weighted by molar-refractivity contribution is -0.182. The summed E-state index contributed by atoms with van der Waals surface area (Å²) in [4.78, 5) is 43.5.